The maximum Gasteiger partial charge on any atom is 0.414 e. The van der Waals surface area contributed by atoms with Gasteiger partial charge in [-0.15, -0.1) is 10.2 Å². The van der Waals surface area contributed by atoms with Crippen molar-refractivity contribution >= 4 is 11.8 Å². The number of aromatic nitrogens is 5. The van der Waals surface area contributed by atoms with Crippen molar-refractivity contribution in [3.05, 3.63) is 42.3 Å². The van der Waals surface area contributed by atoms with Crippen LogP contribution in [0.5, 0.6) is 0 Å². The van der Waals surface area contributed by atoms with Crippen molar-refractivity contribution < 1.29 is 13.9 Å². The summed E-state index contributed by atoms with van der Waals surface area (Å²) in [5.41, 5.74) is 7.48. The summed E-state index contributed by atoms with van der Waals surface area (Å²) in [6, 6.07) is 8.06. The van der Waals surface area contributed by atoms with Crippen molar-refractivity contribution in [3.8, 4) is 22.6 Å². The zero-order chi connectivity index (χ0) is 22.0. The lowest BCUT2D eigenvalue weighted by Gasteiger charge is -2.14. The lowest BCUT2D eigenvalue weighted by molar-refractivity contribution is 0.145. The molecule has 0 unspecified atom stereocenters. The van der Waals surface area contributed by atoms with Gasteiger partial charge in [-0.3, -0.25) is 9.88 Å². The minimum Gasteiger partial charge on any atom is -0.443 e. The first-order valence-corrected chi connectivity index (χ1v) is 9.81. The van der Waals surface area contributed by atoms with E-state index in [2.05, 4.69) is 20.4 Å². The topological polar surface area (TPSA) is 115 Å². The lowest BCUT2D eigenvalue weighted by Crippen LogP contribution is -2.27. The summed E-state index contributed by atoms with van der Waals surface area (Å²) >= 11 is 0. The fourth-order valence-electron chi connectivity index (χ4n) is 3.18. The molecule has 1 aromatic carbocycles. The summed E-state index contributed by atoms with van der Waals surface area (Å²) in [5, 5.41) is 12.4. The molecule has 1 aliphatic rings. The maximum atomic E-state index is 14.8. The molecule has 0 aliphatic carbocycles. The highest BCUT2D eigenvalue weighted by atomic mass is 19.1. The van der Waals surface area contributed by atoms with Crippen molar-refractivity contribution in [1.29, 1.82) is 0 Å². The van der Waals surface area contributed by atoms with Gasteiger partial charge in [-0.2, -0.15) is 4.80 Å². The molecule has 1 atom stereocenters. The molecule has 0 spiro atoms. The Morgan fingerprint density at radius 2 is 2.13 bits per heavy atom. The number of likely N-dealkylation sites (N-methyl/N-ethyl adjacent to an activating group) is 1. The van der Waals surface area contributed by atoms with Crippen LogP contribution in [0.2, 0.25) is 0 Å². The van der Waals surface area contributed by atoms with E-state index in [0.29, 0.717) is 41.4 Å². The van der Waals surface area contributed by atoms with Gasteiger partial charge in [0.15, 0.2) is 0 Å². The number of halogens is 1. The van der Waals surface area contributed by atoms with E-state index in [4.69, 9.17) is 10.5 Å². The molecule has 1 amide bonds. The molecule has 11 heteroatoms. The molecule has 10 nitrogen and oxygen atoms in total. The number of amides is 1. The number of hydrogen-bond acceptors (Lipinski definition) is 8. The molecule has 2 aromatic heterocycles. The number of cyclic esters (lactones) is 1. The summed E-state index contributed by atoms with van der Waals surface area (Å²) in [5.74, 6) is -0.0630. The smallest absolute Gasteiger partial charge is 0.414 e. The Bertz CT molecular complexity index is 1070. The molecule has 2 N–H and O–H groups in total. The Labute approximate surface area is 178 Å². The van der Waals surface area contributed by atoms with Crippen LogP contribution in [-0.4, -0.2) is 76.0 Å². The summed E-state index contributed by atoms with van der Waals surface area (Å²) < 4.78 is 19.9. The van der Waals surface area contributed by atoms with E-state index in [1.54, 1.807) is 30.5 Å². The number of benzene rings is 1. The van der Waals surface area contributed by atoms with Gasteiger partial charge in [-0.05, 0) is 43.6 Å². The number of tetrazole rings is 1. The van der Waals surface area contributed by atoms with Crippen molar-refractivity contribution in [2.45, 2.75) is 12.6 Å². The minimum atomic E-state index is -0.528. The van der Waals surface area contributed by atoms with Gasteiger partial charge in [-0.1, -0.05) is 6.07 Å². The highest BCUT2D eigenvalue weighted by Crippen LogP contribution is 2.29. The predicted octanol–water partition coefficient (Wildman–Crippen LogP) is 1.39. The summed E-state index contributed by atoms with van der Waals surface area (Å²) in [4.78, 5) is 21.2. The molecule has 162 valence electrons. The SMILES string of the molecule is CN(C)CCn1nnc(-c2ccc(-c3ccc(N4C[C@H](CN)OC4=O)cc3F)cn2)n1. The van der Waals surface area contributed by atoms with Crippen molar-refractivity contribution in [1.82, 2.24) is 30.1 Å². The van der Waals surface area contributed by atoms with Gasteiger partial charge in [0.25, 0.3) is 0 Å². The normalized spacial score (nSPS) is 16.2. The van der Waals surface area contributed by atoms with E-state index >= 15 is 0 Å². The average Bonchev–Trinajstić information content (AvgIpc) is 3.39. The third-order valence-electron chi connectivity index (χ3n) is 4.90. The van der Waals surface area contributed by atoms with E-state index in [0.717, 1.165) is 6.54 Å². The second kappa shape index (κ2) is 8.74. The zero-order valence-electron chi connectivity index (χ0n) is 17.3. The Balaban J connectivity index is 1.50. The Morgan fingerprint density at radius 1 is 1.29 bits per heavy atom. The highest BCUT2D eigenvalue weighted by molar-refractivity contribution is 5.90. The van der Waals surface area contributed by atoms with Gasteiger partial charge >= 0.3 is 6.09 Å². The largest absolute Gasteiger partial charge is 0.443 e. The molecule has 3 heterocycles. The molecule has 4 rings (SSSR count). The van der Waals surface area contributed by atoms with E-state index in [-0.39, 0.29) is 12.6 Å². The Hall–Kier alpha value is -3.44. The summed E-state index contributed by atoms with van der Waals surface area (Å²) in [7, 11) is 3.94. The quantitative estimate of drug-likeness (QED) is 0.603. The maximum absolute atomic E-state index is 14.8. The third-order valence-corrected chi connectivity index (χ3v) is 4.90. The molecule has 0 bridgehead atoms. The average molecular weight is 426 g/mol. The van der Waals surface area contributed by atoms with Crippen LogP contribution in [0, 0.1) is 5.82 Å². The molecule has 3 aromatic rings. The van der Waals surface area contributed by atoms with E-state index in [9.17, 15) is 9.18 Å². The van der Waals surface area contributed by atoms with Crippen LogP contribution in [-0.2, 0) is 11.3 Å². The van der Waals surface area contributed by atoms with Gasteiger partial charge < -0.3 is 15.4 Å². The Morgan fingerprint density at radius 3 is 2.77 bits per heavy atom. The van der Waals surface area contributed by atoms with Crippen LogP contribution in [0.3, 0.4) is 0 Å². The molecule has 0 radical (unpaired) electrons. The first kappa shape index (κ1) is 20.8. The second-order valence-electron chi connectivity index (χ2n) is 7.46. The molecule has 1 aliphatic heterocycles. The van der Waals surface area contributed by atoms with E-state index in [1.165, 1.54) is 15.8 Å². The van der Waals surface area contributed by atoms with Gasteiger partial charge in [0, 0.05) is 30.4 Å². The van der Waals surface area contributed by atoms with Crippen molar-refractivity contribution in [2.75, 3.05) is 38.6 Å². The number of rotatable bonds is 7. The third kappa shape index (κ3) is 4.52. The molecular weight excluding hydrogens is 403 g/mol. The fraction of sp³-hybridized carbons (Fsp3) is 0.350. The lowest BCUT2D eigenvalue weighted by atomic mass is 10.1. The van der Waals surface area contributed by atoms with Crippen LogP contribution in [0.4, 0.5) is 14.9 Å². The van der Waals surface area contributed by atoms with Gasteiger partial charge in [0.1, 0.15) is 17.6 Å². The zero-order valence-corrected chi connectivity index (χ0v) is 17.3. The van der Waals surface area contributed by atoms with E-state index in [1.807, 2.05) is 19.0 Å². The van der Waals surface area contributed by atoms with Crippen LogP contribution >= 0.6 is 0 Å². The highest BCUT2D eigenvalue weighted by Gasteiger charge is 2.31. The van der Waals surface area contributed by atoms with Crippen LogP contribution < -0.4 is 10.6 Å². The van der Waals surface area contributed by atoms with Crippen LogP contribution in [0.15, 0.2) is 36.5 Å². The predicted molar refractivity (Wildman–Crippen MR) is 112 cm³/mol. The number of anilines is 1. The first-order chi connectivity index (χ1) is 14.9. The van der Waals surface area contributed by atoms with Gasteiger partial charge in [0.05, 0.1) is 18.8 Å². The number of nitrogens with two attached hydrogens (primary N) is 1. The van der Waals surface area contributed by atoms with Crippen LogP contribution in [0.1, 0.15) is 0 Å². The Kier molecular flexibility index (Phi) is 5.87. The fourth-order valence-corrected chi connectivity index (χ4v) is 3.18. The second-order valence-corrected chi connectivity index (χ2v) is 7.46. The monoisotopic (exact) mass is 426 g/mol. The molecule has 31 heavy (non-hydrogen) atoms. The van der Waals surface area contributed by atoms with Crippen LogP contribution in [0.25, 0.3) is 22.6 Å². The number of carbonyl (C=O) groups excluding carboxylic acids is 1. The summed E-state index contributed by atoms with van der Waals surface area (Å²) in [6.07, 6.45) is 0.642. The first-order valence-electron chi connectivity index (χ1n) is 9.81. The number of pyridine rings is 1. The number of hydrogen-bond donors (Lipinski definition) is 1. The van der Waals surface area contributed by atoms with Crippen molar-refractivity contribution in [3.63, 3.8) is 0 Å². The standard InChI is InChI=1S/C20H23FN8O2/c1-27(2)7-8-29-25-19(24-26-29)18-6-3-13(11-23-18)16-5-4-14(9-17(16)21)28-12-15(10-22)31-20(28)30/h3-6,9,11,15H,7-8,10,12,22H2,1-2H3/t15-/m0/s1. The number of nitrogens with zero attached hydrogens (tertiary/aromatic N) is 7. The number of carbonyl (C=O) groups is 1. The van der Waals surface area contributed by atoms with Gasteiger partial charge in [-0.25, -0.2) is 9.18 Å². The summed E-state index contributed by atoms with van der Waals surface area (Å²) in [6.45, 7) is 1.93. The molecular formula is C20H23FN8O2. The van der Waals surface area contributed by atoms with Gasteiger partial charge in [0.2, 0.25) is 5.82 Å². The van der Waals surface area contributed by atoms with Crippen molar-refractivity contribution in [2.24, 2.45) is 5.73 Å². The number of ether oxygens (including phenoxy) is 1. The van der Waals surface area contributed by atoms with E-state index < -0.39 is 11.9 Å². The minimum absolute atomic E-state index is 0.221. The molecule has 1 fully saturated rings. The molecule has 1 saturated heterocycles. The molecule has 0 saturated carbocycles.